The highest BCUT2D eigenvalue weighted by atomic mass is 32.3. The van der Waals surface area contributed by atoms with Gasteiger partial charge in [-0.3, -0.25) is 9.59 Å². The molecule has 0 aliphatic rings. The summed E-state index contributed by atoms with van der Waals surface area (Å²) in [4.78, 5) is 25.4. The van der Waals surface area contributed by atoms with E-state index < -0.39 is 131 Å². The van der Waals surface area contributed by atoms with Crippen LogP contribution in [-0.2, 0) is 59.5 Å². The van der Waals surface area contributed by atoms with E-state index in [9.17, 15) is 118 Å². The molecule has 0 bridgehead atoms. The molecule has 0 aliphatic heterocycles. The first-order valence-electron chi connectivity index (χ1n) is 12.5. The lowest BCUT2D eigenvalue weighted by Gasteiger charge is -2.34. The van der Waals surface area contributed by atoms with Crippen molar-refractivity contribution in [3.05, 3.63) is 0 Å². The van der Waals surface area contributed by atoms with Crippen LogP contribution in [0.15, 0.2) is 0 Å². The number of halogens is 15. The summed E-state index contributed by atoms with van der Waals surface area (Å²) in [5.41, 5.74) is -10.8. The third kappa shape index (κ3) is 8.55. The monoisotopic (exact) mass is 916 g/mol. The van der Waals surface area contributed by atoms with Gasteiger partial charge in [-0.25, -0.2) is 42.1 Å². The molecule has 0 saturated carbocycles. The standard InChI is InChI=1S/C19H23F15N2O12S5/c1-11(2,3)9(37)8(10(38)12(4,5)6)7-49(39,40)15(24,25)13(20,21)16(26,27)50(41,42)35-51(43,44)17(28,29)14(22,23)18(30,31)52(45,46)36-53(47,48)19(32,33)34/h8,35-36H,7H2,1-6H3. The van der Waals surface area contributed by atoms with E-state index in [2.05, 4.69) is 0 Å². The molecule has 0 aromatic heterocycles. The van der Waals surface area contributed by atoms with E-state index >= 15 is 0 Å². The highest BCUT2D eigenvalue weighted by molar-refractivity contribution is 8.06. The second kappa shape index (κ2) is 13.6. The number of nitrogens with one attached hydrogen (secondary N) is 2. The topological polar surface area (TPSA) is 229 Å². The van der Waals surface area contributed by atoms with E-state index in [0.717, 1.165) is 41.5 Å². The van der Waals surface area contributed by atoms with Crippen LogP contribution in [0.3, 0.4) is 0 Å². The molecule has 0 radical (unpaired) electrons. The molecule has 34 heteroatoms. The molecule has 0 rings (SSSR count). The van der Waals surface area contributed by atoms with Crippen molar-refractivity contribution in [1.29, 1.82) is 0 Å². The van der Waals surface area contributed by atoms with Gasteiger partial charge in [0.05, 0.1) is 11.7 Å². The first kappa shape index (κ1) is 51.0. The molecule has 0 fully saturated rings. The highest BCUT2D eigenvalue weighted by Gasteiger charge is 2.85. The predicted molar refractivity (Wildman–Crippen MR) is 144 cm³/mol. The molecule has 0 unspecified atom stereocenters. The summed E-state index contributed by atoms with van der Waals surface area (Å²) in [7, 11) is -41.7. The Morgan fingerprint density at radius 1 is 0.434 bits per heavy atom. The normalized spacial score (nSPS) is 16.2. The van der Waals surface area contributed by atoms with Crippen molar-refractivity contribution < 1.29 is 118 Å². The minimum absolute atomic E-state index is 0.899. The van der Waals surface area contributed by atoms with E-state index in [0.29, 0.717) is 0 Å². The second-order valence-electron chi connectivity index (χ2n) is 12.4. The zero-order valence-corrected chi connectivity index (χ0v) is 30.5. The quantitative estimate of drug-likeness (QED) is 0.168. The number of carbonyl (C=O) groups is 2. The maximum atomic E-state index is 14.8. The Labute approximate surface area is 289 Å². The summed E-state index contributed by atoms with van der Waals surface area (Å²) in [6, 6.07) is 0. The molecule has 53 heavy (non-hydrogen) atoms. The largest absolute Gasteiger partial charge is 0.512 e. The molecular weight excluding hydrogens is 894 g/mol. The minimum Gasteiger partial charge on any atom is -0.298 e. The van der Waals surface area contributed by atoms with E-state index in [4.69, 9.17) is 0 Å². The van der Waals surface area contributed by atoms with Crippen LogP contribution >= 0.6 is 0 Å². The van der Waals surface area contributed by atoms with Crippen LogP contribution in [0.2, 0.25) is 0 Å². The lowest BCUT2D eigenvalue weighted by Crippen LogP contribution is -2.68. The van der Waals surface area contributed by atoms with Gasteiger partial charge in [-0.15, -0.1) is 0 Å². The van der Waals surface area contributed by atoms with Crippen LogP contribution in [0.5, 0.6) is 0 Å². The average Bonchev–Trinajstić information content (AvgIpc) is 2.87. The number of hydrogen-bond acceptors (Lipinski definition) is 12. The smallest absolute Gasteiger partial charge is 0.298 e. The van der Waals surface area contributed by atoms with Gasteiger partial charge < -0.3 is 0 Å². The van der Waals surface area contributed by atoms with Gasteiger partial charge in [0.15, 0.2) is 0 Å². The van der Waals surface area contributed by atoms with Gasteiger partial charge in [-0.2, -0.15) is 65.9 Å². The fourth-order valence-electron chi connectivity index (χ4n) is 3.17. The Kier molecular flexibility index (Phi) is 13.0. The Bertz CT molecular complexity index is 2010. The minimum atomic E-state index is -8.95. The molecule has 0 atom stereocenters. The van der Waals surface area contributed by atoms with Crippen molar-refractivity contribution >= 4 is 61.5 Å². The summed E-state index contributed by atoms with van der Waals surface area (Å²) in [5.74, 6) is -25.8. The fourth-order valence-corrected chi connectivity index (χ4v) is 10.1. The molecule has 0 aromatic rings. The maximum Gasteiger partial charge on any atom is 0.512 e. The molecule has 0 aromatic carbocycles. The van der Waals surface area contributed by atoms with Crippen molar-refractivity contribution in [3.63, 3.8) is 0 Å². The first-order valence-corrected chi connectivity index (χ1v) is 20.1. The third-order valence-corrected chi connectivity index (χ3v) is 14.8. The van der Waals surface area contributed by atoms with Gasteiger partial charge in [-0.05, 0) is 0 Å². The van der Waals surface area contributed by atoms with E-state index in [1.54, 1.807) is 0 Å². The number of hydrogen-bond donors (Lipinski definition) is 2. The SMILES string of the molecule is CC(C)(C)C(=O)C(CS(=O)(=O)C(F)(F)C(F)(F)C(F)(F)S(=O)(=O)NS(=O)(=O)C(F)(F)C(F)(F)C(F)(F)S(=O)(=O)NS(=O)(=O)C(F)(F)F)C(=O)C(C)(C)C. The van der Waals surface area contributed by atoms with Gasteiger partial charge in [0.1, 0.15) is 11.6 Å². The van der Waals surface area contributed by atoms with Gasteiger partial charge in [0, 0.05) is 10.8 Å². The Hall–Kier alpha value is -2.04. The van der Waals surface area contributed by atoms with Crippen LogP contribution in [0.25, 0.3) is 0 Å². The van der Waals surface area contributed by atoms with Gasteiger partial charge in [0.2, 0.25) is 9.84 Å². The van der Waals surface area contributed by atoms with Gasteiger partial charge in [0.25, 0.3) is 30.1 Å². The van der Waals surface area contributed by atoms with E-state index in [1.807, 2.05) is 0 Å². The van der Waals surface area contributed by atoms with Gasteiger partial charge >= 0.3 is 48.4 Å². The molecule has 0 spiro atoms. The summed E-state index contributed by atoms with van der Waals surface area (Å²) in [6.45, 7) is 5.39. The zero-order chi connectivity index (χ0) is 43.9. The molecular formula is C19H23F15N2O12S5. The Morgan fingerprint density at radius 3 is 0.887 bits per heavy atom. The molecule has 0 aliphatic carbocycles. The van der Waals surface area contributed by atoms with Crippen molar-refractivity contribution in [1.82, 2.24) is 8.25 Å². The maximum absolute atomic E-state index is 14.8. The van der Waals surface area contributed by atoms with E-state index in [1.165, 1.54) is 0 Å². The number of sulfonamides is 4. The summed E-state index contributed by atoms with van der Waals surface area (Å²) in [6.07, 6.45) is 0. The lowest BCUT2D eigenvalue weighted by atomic mass is 9.75. The Balaban J connectivity index is 7.28. The van der Waals surface area contributed by atoms with Crippen molar-refractivity contribution in [2.24, 2.45) is 16.7 Å². The summed E-state index contributed by atoms with van der Waals surface area (Å²) < 4.78 is 323. The first-order chi connectivity index (χ1) is 22.3. The summed E-state index contributed by atoms with van der Waals surface area (Å²) >= 11 is 0. The fraction of sp³-hybridized carbons (Fsp3) is 0.895. The number of rotatable bonds is 16. The second-order valence-corrected chi connectivity index (χ2v) is 21.8. The lowest BCUT2D eigenvalue weighted by molar-refractivity contribution is -0.245. The molecule has 0 saturated heterocycles. The van der Waals surface area contributed by atoms with Gasteiger partial charge in [-0.1, -0.05) is 49.8 Å². The average molecular weight is 917 g/mol. The van der Waals surface area contributed by atoms with Crippen LogP contribution < -0.4 is 8.25 Å². The Morgan fingerprint density at radius 2 is 0.660 bits per heavy atom. The van der Waals surface area contributed by atoms with Crippen LogP contribution in [0.1, 0.15) is 41.5 Å². The van der Waals surface area contributed by atoms with Crippen LogP contribution in [0, 0.1) is 16.7 Å². The number of Topliss-reactive ketones (excluding diaryl/α,β-unsaturated/α-hetero) is 2. The van der Waals surface area contributed by atoms with Crippen molar-refractivity contribution in [2.45, 2.75) is 79.9 Å². The molecule has 316 valence electrons. The number of sulfone groups is 1. The number of alkyl halides is 15. The van der Waals surface area contributed by atoms with Crippen molar-refractivity contribution in [3.8, 4) is 0 Å². The third-order valence-electron chi connectivity index (χ3n) is 6.11. The number of carbonyl (C=O) groups excluding carboxylic acids is 2. The van der Waals surface area contributed by atoms with Crippen molar-refractivity contribution in [2.75, 3.05) is 5.75 Å². The van der Waals surface area contributed by atoms with E-state index in [-0.39, 0.29) is 0 Å². The number of ketones is 2. The molecule has 14 nitrogen and oxygen atoms in total. The molecule has 0 heterocycles. The summed E-state index contributed by atoms with van der Waals surface area (Å²) in [5, 5.41) is -32.4. The zero-order valence-electron chi connectivity index (χ0n) is 26.4. The molecule has 2 N–H and O–H groups in total. The van der Waals surface area contributed by atoms with Crippen LogP contribution in [0.4, 0.5) is 65.9 Å². The van der Waals surface area contributed by atoms with Crippen LogP contribution in [-0.4, -0.2) is 97.8 Å². The molecule has 0 amide bonds. The predicted octanol–water partition coefficient (Wildman–Crippen LogP) is 2.91. The highest BCUT2D eigenvalue weighted by Crippen LogP contribution is 2.54.